The highest BCUT2D eigenvalue weighted by Crippen LogP contribution is 2.32. The predicted octanol–water partition coefficient (Wildman–Crippen LogP) is 6.08. The Labute approximate surface area is 175 Å². The van der Waals surface area contributed by atoms with Crippen LogP contribution >= 0.6 is 11.3 Å². The third-order valence-electron chi connectivity index (χ3n) is 5.25. The molecule has 2 N–H and O–H groups in total. The zero-order valence-electron chi connectivity index (χ0n) is 16.5. The molecule has 1 heterocycles. The smallest absolute Gasteiger partial charge is 0.227 e. The molecule has 0 aliphatic heterocycles. The van der Waals surface area contributed by atoms with E-state index in [1.54, 1.807) is 7.11 Å². The topological polar surface area (TPSA) is 63.2 Å². The lowest BCUT2D eigenvalue weighted by molar-refractivity contribution is -0.120. The summed E-state index contributed by atoms with van der Waals surface area (Å²) < 4.78 is 5.39. The van der Waals surface area contributed by atoms with Crippen molar-refractivity contribution in [3.8, 4) is 17.0 Å². The lowest BCUT2D eigenvalue weighted by Crippen LogP contribution is -2.24. The number of para-hydroxylation sites is 2. The molecule has 1 aliphatic carbocycles. The molecule has 5 nitrogen and oxygen atoms in total. The normalized spacial score (nSPS) is 14.4. The molecule has 0 atom stereocenters. The Morgan fingerprint density at radius 3 is 2.76 bits per heavy atom. The van der Waals surface area contributed by atoms with E-state index in [9.17, 15) is 4.79 Å². The molecule has 0 unspecified atom stereocenters. The molecular weight excluding hydrogens is 382 g/mol. The van der Waals surface area contributed by atoms with E-state index in [4.69, 9.17) is 9.72 Å². The van der Waals surface area contributed by atoms with E-state index >= 15 is 0 Å². The fourth-order valence-corrected chi connectivity index (χ4v) is 4.42. The first-order valence-electron chi connectivity index (χ1n) is 10.00. The lowest BCUT2D eigenvalue weighted by atomic mass is 9.88. The van der Waals surface area contributed by atoms with Gasteiger partial charge in [-0.25, -0.2) is 4.98 Å². The van der Waals surface area contributed by atoms with Gasteiger partial charge in [0.1, 0.15) is 5.75 Å². The standard InChI is InChI=1S/C23H25N3O2S/c1-28-21-13-6-5-12-19(21)25-23-26-20(15-29-23)17-10-7-11-18(14-17)24-22(27)16-8-3-2-4-9-16/h5-7,10-16H,2-4,8-9H2,1H3,(H,24,27)(H,25,26). The van der Waals surface area contributed by atoms with Gasteiger partial charge in [-0.15, -0.1) is 11.3 Å². The first-order valence-corrected chi connectivity index (χ1v) is 10.9. The minimum atomic E-state index is 0.138. The van der Waals surface area contributed by atoms with Crippen LogP contribution in [0.2, 0.25) is 0 Å². The van der Waals surface area contributed by atoms with Crippen molar-refractivity contribution in [3.63, 3.8) is 0 Å². The molecule has 0 bridgehead atoms. The number of hydrogen-bond donors (Lipinski definition) is 2. The van der Waals surface area contributed by atoms with Gasteiger partial charge in [-0.05, 0) is 37.1 Å². The number of nitrogens with one attached hydrogen (secondary N) is 2. The Balaban J connectivity index is 1.46. The average Bonchev–Trinajstić information content (AvgIpc) is 3.23. The van der Waals surface area contributed by atoms with Crippen molar-refractivity contribution in [1.29, 1.82) is 0 Å². The largest absolute Gasteiger partial charge is 0.495 e. The fraction of sp³-hybridized carbons (Fsp3) is 0.304. The van der Waals surface area contributed by atoms with Crippen LogP contribution in [0.15, 0.2) is 53.9 Å². The second-order valence-electron chi connectivity index (χ2n) is 7.27. The molecule has 2 aromatic carbocycles. The molecule has 1 saturated carbocycles. The molecule has 0 spiro atoms. The number of rotatable bonds is 6. The Morgan fingerprint density at radius 2 is 1.93 bits per heavy atom. The Bertz CT molecular complexity index is 980. The van der Waals surface area contributed by atoms with E-state index in [0.29, 0.717) is 0 Å². The average molecular weight is 408 g/mol. The van der Waals surface area contributed by atoms with Gasteiger partial charge in [-0.2, -0.15) is 0 Å². The number of aromatic nitrogens is 1. The highest BCUT2D eigenvalue weighted by atomic mass is 32.1. The van der Waals surface area contributed by atoms with Gasteiger partial charge in [0.25, 0.3) is 0 Å². The summed E-state index contributed by atoms with van der Waals surface area (Å²) in [6.45, 7) is 0. The van der Waals surface area contributed by atoms with Gasteiger partial charge in [0.2, 0.25) is 5.91 Å². The molecule has 150 valence electrons. The summed E-state index contributed by atoms with van der Waals surface area (Å²) in [4.78, 5) is 17.2. The van der Waals surface area contributed by atoms with Crippen LogP contribution in [0.4, 0.5) is 16.5 Å². The van der Waals surface area contributed by atoms with Crippen molar-refractivity contribution in [2.45, 2.75) is 32.1 Å². The number of thiazole rings is 1. The monoisotopic (exact) mass is 407 g/mol. The number of amides is 1. The maximum atomic E-state index is 12.5. The van der Waals surface area contributed by atoms with Crippen molar-refractivity contribution >= 4 is 33.8 Å². The van der Waals surface area contributed by atoms with Gasteiger partial charge in [0.15, 0.2) is 5.13 Å². The molecule has 1 fully saturated rings. The van der Waals surface area contributed by atoms with Gasteiger partial charge < -0.3 is 15.4 Å². The summed E-state index contributed by atoms with van der Waals surface area (Å²) in [6.07, 6.45) is 5.54. The zero-order chi connectivity index (χ0) is 20.1. The highest BCUT2D eigenvalue weighted by Gasteiger charge is 2.21. The third-order valence-corrected chi connectivity index (χ3v) is 6.01. The van der Waals surface area contributed by atoms with E-state index < -0.39 is 0 Å². The summed E-state index contributed by atoms with van der Waals surface area (Å²) in [6, 6.07) is 15.7. The molecule has 0 saturated heterocycles. The van der Waals surface area contributed by atoms with Crippen LogP contribution < -0.4 is 15.4 Å². The van der Waals surface area contributed by atoms with E-state index in [2.05, 4.69) is 10.6 Å². The molecule has 4 rings (SSSR count). The molecule has 29 heavy (non-hydrogen) atoms. The number of nitrogens with zero attached hydrogens (tertiary/aromatic N) is 1. The molecule has 1 aliphatic rings. The van der Waals surface area contributed by atoms with Crippen molar-refractivity contribution in [2.75, 3.05) is 17.7 Å². The summed E-state index contributed by atoms with van der Waals surface area (Å²) in [5, 5.41) is 9.21. The fourth-order valence-electron chi connectivity index (χ4n) is 3.69. The van der Waals surface area contributed by atoms with E-state index in [-0.39, 0.29) is 11.8 Å². The van der Waals surface area contributed by atoms with Gasteiger partial charge in [0.05, 0.1) is 18.5 Å². The maximum absolute atomic E-state index is 12.5. The Kier molecular flexibility index (Phi) is 6.10. The summed E-state index contributed by atoms with van der Waals surface area (Å²) in [5.74, 6) is 1.05. The highest BCUT2D eigenvalue weighted by molar-refractivity contribution is 7.14. The van der Waals surface area contributed by atoms with E-state index in [0.717, 1.165) is 59.2 Å². The SMILES string of the molecule is COc1ccccc1Nc1nc(-c2cccc(NC(=O)C3CCCCC3)c2)cs1. The van der Waals surface area contributed by atoms with Crippen LogP contribution in [-0.2, 0) is 4.79 Å². The molecular formula is C23H25N3O2S. The molecule has 6 heteroatoms. The van der Waals surface area contributed by atoms with Crippen molar-refractivity contribution in [2.24, 2.45) is 5.92 Å². The maximum Gasteiger partial charge on any atom is 0.227 e. The zero-order valence-corrected chi connectivity index (χ0v) is 17.3. The minimum Gasteiger partial charge on any atom is -0.495 e. The second kappa shape index (κ2) is 9.09. The lowest BCUT2D eigenvalue weighted by Gasteiger charge is -2.20. The van der Waals surface area contributed by atoms with Crippen LogP contribution in [-0.4, -0.2) is 18.0 Å². The van der Waals surface area contributed by atoms with Crippen molar-refractivity contribution in [3.05, 3.63) is 53.9 Å². The second-order valence-corrected chi connectivity index (χ2v) is 8.13. The molecule has 1 aromatic heterocycles. The summed E-state index contributed by atoms with van der Waals surface area (Å²) in [7, 11) is 1.65. The van der Waals surface area contributed by atoms with Crippen LogP contribution in [0, 0.1) is 5.92 Å². The van der Waals surface area contributed by atoms with Crippen LogP contribution in [0.25, 0.3) is 11.3 Å². The van der Waals surface area contributed by atoms with Gasteiger partial charge in [0, 0.05) is 22.5 Å². The first kappa shape index (κ1) is 19.5. The number of methoxy groups -OCH3 is 1. The number of carbonyl (C=O) groups excluding carboxylic acids is 1. The van der Waals surface area contributed by atoms with E-state index in [1.807, 2.05) is 53.9 Å². The first-order chi connectivity index (χ1) is 14.2. The summed E-state index contributed by atoms with van der Waals surface area (Å²) >= 11 is 1.54. The number of carbonyl (C=O) groups is 1. The third kappa shape index (κ3) is 4.77. The minimum absolute atomic E-state index is 0.138. The number of anilines is 3. The van der Waals surface area contributed by atoms with Crippen LogP contribution in [0.5, 0.6) is 5.75 Å². The quantitative estimate of drug-likeness (QED) is 0.520. The Morgan fingerprint density at radius 1 is 1.10 bits per heavy atom. The number of ether oxygens (including phenoxy) is 1. The molecule has 1 amide bonds. The van der Waals surface area contributed by atoms with Crippen LogP contribution in [0.1, 0.15) is 32.1 Å². The predicted molar refractivity (Wildman–Crippen MR) is 119 cm³/mol. The van der Waals surface area contributed by atoms with Gasteiger partial charge in [-0.1, -0.05) is 43.5 Å². The Hall–Kier alpha value is -2.86. The molecule has 3 aromatic rings. The van der Waals surface area contributed by atoms with Gasteiger partial charge in [-0.3, -0.25) is 4.79 Å². The van der Waals surface area contributed by atoms with E-state index in [1.165, 1.54) is 17.8 Å². The molecule has 0 radical (unpaired) electrons. The van der Waals surface area contributed by atoms with Gasteiger partial charge >= 0.3 is 0 Å². The van der Waals surface area contributed by atoms with Crippen LogP contribution in [0.3, 0.4) is 0 Å². The van der Waals surface area contributed by atoms with Crippen molar-refractivity contribution in [1.82, 2.24) is 4.98 Å². The van der Waals surface area contributed by atoms with Crippen molar-refractivity contribution < 1.29 is 9.53 Å². The number of hydrogen-bond acceptors (Lipinski definition) is 5. The number of benzene rings is 2. The summed E-state index contributed by atoms with van der Waals surface area (Å²) in [5.41, 5.74) is 3.56.